The maximum absolute atomic E-state index is 11.9. The first-order valence-corrected chi connectivity index (χ1v) is 8.57. The highest BCUT2D eigenvalue weighted by Crippen LogP contribution is 2.18. The second-order valence-corrected chi connectivity index (χ2v) is 5.83. The fourth-order valence-corrected chi connectivity index (χ4v) is 2.29. The van der Waals surface area contributed by atoms with Crippen molar-refractivity contribution >= 4 is 29.3 Å². The predicted octanol–water partition coefficient (Wildman–Crippen LogP) is 2.27. The molecule has 0 fully saturated rings. The Morgan fingerprint density at radius 2 is 1.97 bits per heavy atom. The van der Waals surface area contributed by atoms with Gasteiger partial charge < -0.3 is 10.1 Å². The Hall–Kier alpha value is -4.01. The number of methoxy groups -OCH3 is 1. The zero-order chi connectivity index (χ0) is 21.2. The van der Waals surface area contributed by atoms with Gasteiger partial charge in [-0.2, -0.15) is 5.10 Å². The molecule has 9 heteroatoms. The molecule has 0 aromatic heterocycles. The fourth-order valence-electron chi connectivity index (χ4n) is 2.29. The second kappa shape index (κ2) is 10.4. The van der Waals surface area contributed by atoms with Gasteiger partial charge in [0.15, 0.2) is 0 Å². The third-order valence-electron chi connectivity index (χ3n) is 3.80. The number of nitrogens with one attached hydrogen (secondary N) is 2. The maximum atomic E-state index is 11.9. The molecular weight excluding hydrogens is 376 g/mol. The van der Waals surface area contributed by atoms with E-state index in [1.165, 1.54) is 31.4 Å². The number of benzene rings is 2. The first-order valence-electron chi connectivity index (χ1n) is 8.57. The predicted molar refractivity (Wildman–Crippen MR) is 108 cm³/mol. The molecule has 0 heterocycles. The molecule has 0 saturated carbocycles. The van der Waals surface area contributed by atoms with Crippen LogP contribution >= 0.6 is 0 Å². The highest BCUT2D eigenvalue weighted by molar-refractivity contribution is 6.00. The van der Waals surface area contributed by atoms with Crippen molar-refractivity contribution in [2.75, 3.05) is 13.7 Å². The topological polar surface area (TPSA) is 123 Å². The molecule has 29 heavy (non-hydrogen) atoms. The van der Waals surface area contributed by atoms with Crippen molar-refractivity contribution in [3.05, 3.63) is 75.8 Å². The van der Waals surface area contributed by atoms with E-state index in [0.717, 1.165) is 5.56 Å². The van der Waals surface area contributed by atoms with Crippen LogP contribution in [0.3, 0.4) is 0 Å². The second-order valence-electron chi connectivity index (χ2n) is 5.83. The van der Waals surface area contributed by atoms with Crippen LogP contribution in [0.2, 0.25) is 0 Å². The highest BCUT2D eigenvalue weighted by Gasteiger charge is 2.08. The summed E-state index contributed by atoms with van der Waals surface area (Å²) in [5.41, 5.74) is 3.85. The van der Waals surface area contributed by atoms with Crippen molar-refractivity contribution < 1.29 is 19.2 Å². The molecule has 0 aliphatic heterocycles. The number of ether oxygens (including phenoxy) is 1. The number of carbonyl (C=O) groups is 2. The van der Waals surface area contributed by atoms with Crippen molar-refractivity contribution in [3.63, 3.8) is 0 Å². The van der Waals surface area contributed by atoms with Gasteiger partial charge in [-0.15, -0.1) is 0 Å². The molecule has 0 aliphatic carbocycles. The van der Waals surface area contributed by atoms with Crippen LogP contribution < -0.4 is 15.5 Å². The molecule has 0 atom stereocenters. The number of nitro benzene ring substituents is 1. The molecule has 2 aromatic carbocycles. The van der Waals surface area contributed by atoms with Crippen LogP contribution in [-0.2, 0) is 9.59 Å². The SMILES string of the molecule is COc1ccccc1/C=C\C(=O)NCC(=O)N/N=C(\C)c1cccc([N+](=O)[O-])c1. The third-order valence-corrected chi connectivity index (χ3v) is 3.80. The Balaban J connectivity index is 1.87. The van der Waals surface area contributed by atoms with Gasteiger partial charge in [0, 0.05) is 29.3 Å². The van der Waals surface area contributed by atoms with E-state index in [9.17, 15) is 19.7 Å². The van der Waals surface area contributed by atoms with E-state index < -0.39 is 16.7 Å². The van der Waals surface area contributed by atoms with E-state index >= 15 is 0 Å². The number of carbonyl (C=O) groups excluding carboxylic acids is 2. The number of amides is 2. The number of nitrogens with zero attached hydrogens (tertiary/aromatic N) is 2. The van der Waals surface area contributed by atoms with Crippen LogP contribution in [0, 0.1) is 10.1 Å². The van der Waals surface area contributed by atoms with Gasteiger partial charge in [-0.3, -0.25) is 19.7 Å². The van der Waals surface area contributed by atoms with Gasteiger partial charge in [0.05, 0.1) is 24.3 Å². The summed E-state index contributed by atoms with van der Waals surface area (Å²) in [6, 6.07) is 13.1. The minimum Gasteiger partial charge on any atom is -0.496 e. The number of hydrogen-bond donors (Lipinski definition) is 2. The Bertz CT molecular complexity index is 969. The standard InChI is InChI=1S/C20H20N4O5/c1-14(16-7-5-8-17(12-16)24(27)28)22-23-20(26)13-21-19(25)11-10-15-6-3-4-9-18(15)29-2/h3-12H,13H2,1-2H3,(H,21,25)(H,23,26)/b11-10-,22-14+. The first kappa shape index (κ1) is 21.3. The molecule has 2 amide bonds. The van der Waals surface area contributed by atoms with Crippen LogP contribution in [0.1, 0.15) is 18.1 Å². The van der Waals surface area contributed by atoms with Crippen molar-refractivity contribution in [3.8, 4) is 5.75 Å². The molecule has 0 aliphatic rings. The van der Waals surface area contributed by atoms with Crippen LogP contribution in [-0.4, -0.2) is 36.1 Å². The molecule has 0 saturated heterocycles. The highest BCUT2D eigenvalue weighted by atomic mass is 16.6. The van der Waals surface area contributed by atoms with Gasteiger partial charge in [0.2, 0.25) is 5.91 Å². The molecule has 2 aromatic rings. The van der Waals surface area contributed by atoms with Crippen molar-refractivity contribution in [2.45, 2.75) is 6.92 Å². The van der Waals surface area contributed by atoms with Gasteiger partial charge in [0.25, 0.3) is 11.6 Å². The van der Waals surface area contributed by atoms with E-state index in [1.54, 1.807) is 31.2 Å². The van der Waals surface area contributed by atoms with Gasteiger partial charge in [-0.05, 0) is 19.1 Å². The minimum absolute atomic E-state index is 0.0718. The Morgan fingerprint density at radius 3 is 2.69 bits per heavy atom. The lowest BCUT2D eigenvalue weighted by Crippen LogP contribution is -2.34. The molecule has 2 rings (SSSR count). The Kier molecular flexibility index (Phi) is 7.60. The Morgan fingerprint density at radius 1 is 1.21 bits per heavy atom. The van der Waals surface area contributed by atoms with Crippen LogP contribution in [0.15, 0.2) is 59.7 Å². The largest absolute Gasteiger partial charge is 0.496 e. The number of hydrogen-bond acceptors (Lipinski definition) is 6. The van der Waals surface area contributed by atoms with E-state index in [2.05, 4.69) is 15.8 Å². The summed E-state index contributed by atoms with van der Waals surface area (Å²) in [6.45, 7) is 1.33. The number of rotatable bonds is 8. The average Bonchev–Trinajstić information content (AvgIpc) is 2.74. The molecule has 0 spiro atoms. The van der Waals surface area contributed by atoms with E-state index in [1.807, 2.05) is 12.1 Å². The minimum atomic E-state index is -0.533. The summed E-state index contributed by atoms with van der Waals surface area (Å²) < 4.78 is 5.19. The van der Waals surface area contributed by atoms with Crippen LogP contribution in [0.5, 0.6) is 5.75 Å². The average molecular weight is 396 g/mol. The van der Waals surface area contributed by atoms with E-state index in [-0.39, 0.29) is 12.2 Å². The fraction of sp³-hybridized carbons (Fsp3) is 0.150. The molecule has 0 radical (unpaired) electrons. The summed E-state index contributed by atoms with van der Waals surface area (Å²) in [6.07, 6.45) is 2.87. The van der Waals surface area contributed by atoms with Crippen molar-refractivity contribution in [1.82, 2.24) is 10.7 Å². The summed E-state index contributed by atoms with van der Waals surface area (Å²) in [4.78, 5) is 34.0. The molecule has 0 unspecified atom stereocenters. The van der Waals surface area contributed by atoms with Gasteiger partial charge in [-0.25, -0.2) is 5.43 Å². The van der Waals surface area contributed by atoms with Crippen LogP contribution in [0.4, 0.5) is 5.69 Å². The molecule has 9 nitrogen and oxygen atoms in total. The number of non-ortho nitro benzene ring substituents is 1. The van der Waals surface area contributed by atoms with Crippen LogP contribution in [0.25, 0.3) is 6.08 Å². The van der Waals surface area contributed by atoms with Gasteiger partial charge >= 0.3 is 0 Å². The summed E-state index contributed by atoms with van der Waals surface area (Å²) >= 11 is 0. The molecule has 0 bridgehead atoms. The lowest BCUT2D eigenvalue weighted by atomic mass is 10.1. The number of hydrazone groups is 1. The monoisotopic (exact) mass is 396 g/mol. The normalized spacial score (nSPS) is 11.2. The van der Waals surface area contributed by atoms with Crippen molar-refractivity contribution in [1.29, 1.82) is 0 Å². The lowest BCUT2D eigenvalue weighted by Gasteiger charge is -2.05. The van der Waals surface area contributed by atoms with E-state index in [0.29, 0.717) is 17.0 Å². The zero-order valence-corrected chi connectivity index (χ0v) is 15.9. The third kappa shape index (κ3) is 6.58. The number of nitro groups is 1. The van der Waals surface area contributed by atoms with Gasteiger partial charge in [-0.1, -0.05) is 30.3 Å². The van der Waals surface area contributed by atoms with Gasteiger partial charge in [0.1, 0.15) is 5.75 Å². The molecule has 2 N–H and O–H groups in total. The smallest absolute Gasteiger partial charge is 0.270 e. The first-order chi connectivity index (χ1) is 13.9. The van der Waals surface area contributed by atoms with E-state index in [4.69, 9.17) is 4.74 Å². The quantitative estimate of drug-likeness (QED) is 0.307. The molecule has 150 valence electrons. The molecular formula is C20H20N4O5. The summed E-state index contributed by atoms with van der Waals surface area (Å²) in [5, 5.41) is 17.2. The van der Waals surface area contributed by atoms with Crippen molar-refractivity contribution in [2.24, 2.45) is 5.10 Å². The zero-order valence-electron chi connectivity index (χ0n) is 15.9. The summed E-state index contributed by atoms with van der Waals surface area (Å²) in [7, 11) is 1.53. The summed E-state index contributed by atoms with van der Waals surface area (Å²) in [5.74, 6) is -0.362. The maximum Gasteiger partial charge on any atom is 0.270 e. The lowest BCUT2D eigenvalue weighted by molar-refractivity contribution is -0.384. The number of para-hydroxylation sites is 1. The Labute approximate surface area is 167 Å².